The van der Waals surface area contributed by atoms with Gasteiger partial charge in [-0.15, -0.1) is 0 Å². The Hall–Kier alpha value is -0.580. The summed E-state index contributed by atoms with van der Waals surface area (Å²) in [6.45, 7) is 8.49. The molecule has 5 heteroatoms. The first-order chi connectivity index (χ1) is 6.19. The molecule has 0 bridgehead atoms. The van der Waals surface area contributed by atoms with Crippen molar-refractivity contribution < 1.29 is 31.5 Å². The second kappa shape index (κ2) is 6.10. The minimum atomic E-state index is -0.595. The van der Waals surface area contributed by atoms with Gasteiger partial charge in [0.1, 0.15) is 0 Å². The number of carbonyl (C=O) groups excluding carboxylic acids is 1. The quantitative estimate of drug-likeness (QED) is 0.263. The van der Waals surface area contributed by atoms with Gasteiger partial charge >= 0.3 is 5.97 Å². The van der Waals surface area contributed by atoms with Crippen LogP contribution in [0.1, 0.15) is 20.8 Å². The zero-order valence-corrected chi connectivity index (χ0v) is 10.7. The summed E-state index contributed by atoms with van der Waals surface area (Å²) < 4.78 is 5.32. The number of quaternary nitrogens is 1. The smallest absolute Gasteiger partial charge is 0.337 e. The third kappa shape index (κ3) is 4.64. The molecule has 0 fully saturated rings. The molecular weight excluding hydrogens is 218 g/mol. The van der Waals surface area contributed by atoms with Crippen molar-refractivity contribution in [2.45, 2.75) is 33.2 Å². The van der Waals surface area contributed by atoms with Gasteiger partial charge in [0, 0.05) is 19.4 Å². The number of hydrogen-bond acceptors (Lipinski definition) is 3. The average molecular weight is 238 g/mol. The van der Waals surface area contributed by atoms with Crippen molar-refractivity contribution in [3.63, 3.8) is 0 Å². The van der Waals surface area contributed by atoms with Crippen molar-refractivity contribution in [3.05, 3.63) is 12.2 Å². The van der Waals surface area contributed by atoms with E-state index in [1.807, 2.05) is 0 Å². The molecule has 0 aliphatic rings. The van der Waals surface area contributed by atoms with E-state index in [0.717, 1.165) is 0 Å². The summed E-state index contributed by atoms with van der Waals surface area (Å²) in [7, 11) is 3.59. The zero-order valence-electron chi connectivity index (χ0n) is 9.95. The highest BCUT2D eigenvalue weighted by molar-refractivity contribution is 5.86. The van der Waals surface area contributed by atoms with Crippen LogP contribution in [0.25, 0.3) is 0 Å². The molecule has 0 rings (SSSR count). The summed E-state index contributed by atoms with van der Waals surface area (Å²) in [6.07, 6.45) is -0.998. The van der Waals surface area contributed by atoms with Gasteiger partial charge in [0.15, 0.2) is 6.23 Å². The molecule has 0 aromatic heterocycles. The van der Waals surface area contributed by atoms with Crippen molar-refractivity contribution in [1.82, 2.24) is 0 Å². The normalized spacial score (nSPS) is 14.8. The molecule has 90 valence electrons. The number of rotatable bonds is 4. The van der Waals surface area contributed by atoms with Gasteiger partial charge in [-0.05, 0) is 6.92 Å². The van der Waals surface area contributed by atoms with Gasteiger partial charge in [-0.3, -0.25) is 4.48 Å². The first kappa shape index (κ1) is 16.8. The van der Waals surface area contributed by atoms with Crippen LogP contribution < -0.4 is 12.4 Å². The van der Waals surface area contributed by atoms with E-state index >= 15 is 0 Å². The molecule has 0 radical (unpaired) electrons. The lowest BCUT2D eigenvalue weighted by Gasteiger charge is -2.37. The predicted molar refractivity (Wildman–Crippen MR) is 54.2 cm³/mol. The van der Waals surface area contributed by atoms with Gasteiger partial charge < -0.3 is 22.3 Å². The number of esters is 1. The van der Waals surface area contributed by atoms with Crippen LogP contribution in [0.5, 0.6) is 0 Å². The minimum absolute atomic E-state index is 0. The average Bonchev–Trinajstić information content (AvgIpc) is 2.03. The largest absolute Gasteiger partial charge is 1.00 e. The maximum absolute atomic E-state index is 11.2. The Kier molecular flexibility index (Phi) is 6.85. The van der Waals surface area contributed by atoms with Gasteiger partial charge in [-0.2, -0.15) is 0 Å². The van der Waals surface area contributed by atoms with Crippen LogP contribution >= 0.6 is 0 Å². The third-order valence-corrected chi connectivity index (χ3v) is 2.53. The van der Waals surface area contributed by atoms with E-state index in [1.165, 1.54) is 0 Å². The van der Waals surface area contributed by atoms with Crippen molar-refractivity contribution >= 4 is 5.97 Å². The van der Waals surface area contributed by atoms with Crippen LogP contribution in [0, 0.1) is 0 Å². The molecule has 0 aromatic rings. The van der Waals surface area contributed by atoms with E-state index in [2.05, 4.69) is 6.58 Å². The number of nitrogens with zero attached hydrogens (tertiary/aromatic N) is 1. The van der Waals surface area contributed by atoms with Crippen molar-refractivity contribution in [1.29, 1.82) is 0 Å². The molecule has 0 aliphatic carbocycles. The second-order valence-electron chi connectivity index (χ2n) is 4.05. The first-order valence-electron chi connectivity index (χ1n) is 4.57. The number of halogens is 1. The number of ether oxygens (including phenoxy) is 1. The number of carbonyl (C=O) groups is 1. The van der Waals surface area contributed by atoms with Gasteiger partial charge in [-0.25, -0.2) is 4.79 Å². The van der Waals surface area contributed by atoms with E-state index in [1.54, 1.807) is 34.9 Å². The van der Waals surface area contributed by atoms with Gasteiger partial charge in [-0.1, -0.05) is 6.58 Å². The molecule has 4 nitrogen and oxygen atoms in total. The van der Waals surface area contributed by atoms with E-state index in [0.29, 0.717) is 5.57 Å². The number of hydrogen-bond donors (Lipinski definition) is 1. The van der Waals surface area contributed by atoms with Crippen LogP contribution in [-0.4, -0.2) is 42.1 Å². The fourth-order valence-corrected chi connectivity index (χ4v) is 0.695. The molecule has 1 N–H and O–H groups in total. The summed E-state index contributed by atoms with van der Waals surface area (Å²) in [4.78, 5) is 11.2. The van der Waals surface area contributed by atoms with Gasteiger partial charge in [0.2, 0.25) is 6.23 Å². The van der Waals surface area contributed by atoms with E-state index in [4.69, 9.17) is 4.74 Å². The van der Waals surface area contributed by atoms with E-state index in [9.17, 15) is 9.90 Å². The molecule has 0 heterocycles. The number of aliphatic hydroxyl groups is 1. The Morgan fingerprint density at radius 2 is 1.80 bits per heavy atom. The molecular formula is C10H20ClNO3. The molecule has 0 spiro atoms. The Morgan fingerprint density at radius 1 is 1.40 bits per heavy atom. The maximum atomic E-state index is 11.2. The summed E-state index contributed by atoms with van der Waals surface area (Å²) in [5, 5.41) is 9.46. The molecule has 0 saturated heterocycles. The third-order valence-electron chi connectivity index (χ3n) is 2.53. The molecule has 0 aromatic carbocycles. The Labute approximate surface area is 97.5 Å². The fraction of sp³-hybridized carbons (Fsp3) is 0.700. The van der Waals surface area contributed by atoms with Crippen molar-refractivity contribution in [2.75, 3.05) is 14.1 Å². The number of aliphatic hydroxyl groups excluding tert-OH is 1. The van der Waals surface area contributed by atoms with E-state index < -0.39 is 18.4 Å². The molecule has 2 unspecified atom stereocenters. The van der Waals surface area contributed by atoms with Crippen molar-refractivity contribution in [3.8, 4) is 0 Å². The summed E-state index contributed by atoms with van der Waals surface area (Å²) in [6, 6.07) is 0. The molecule has 2 atom stereocenters. The van der Waals surface area contributed by atoms with Crippen LogP contribution in [-0.2, 0) is 9.53 Å². The molecule has 0 amide bonds. The molecule has 0 saturated carbocycles. The summed E-state index contributed by atoms with van der Waals surface area (Å²) in [5.41, 5.74) is 0.363. The molecule has 0 aliphatic heterocycles. The Bertz CT molecular complexity index is 239. The highest BCUT2D eigenvalue weighted by Crippen LogP contribution is 2.13. The topological polar surface area (TPSA) is 46.5 Å². The van der Waals surface area contributed by atoms with Gasteiger partial charge in [0.05, 0.1) is 14.1 Å². The van der Waals surface area contributed by atoms with Gasteiger partial charge in [0.25, 0.3) is 0 Å². The first-order valence-corrected chi connectivity index (χ1v) is 4.57. The van der Waals surface area contributed by atoms with E-state index in [-0.39, 0.29) is 16.9 Å². The van der Waals surface area contributed by atoms with Crippen molar-refractivity contribution in [2.24, 2.45) is 0 Å². The Balaban J connectivity index is 0. The molecule has 15 heavy (non-hydrogen) atoms. The lowest BCUT2D eigenvalue weighted by Crippen LogP contribution is -3.00. The second-order valence-corrected chi connectivity index (χ2v) is 4.05. The Morgan fingerprint density at radius 3 is 2.07 bits per heavy atom. The lowest BCUT2D eigenvalue weighted by atomic mass is 10.3. The lowest BCUT2D eigenvalue weighted by molar-refractivity contribution is -0.972. The zero-order chi connectivity index (χ0) is 11.5. The standard InChI is InChI=1S/C10H20NO3.ClH/c1-7(2)10(13)14-9(4)11(5,6)8(3)12;/h8-9,12H,1H2,2-6H3;1H/q+1;/p-1. The van der Waals surface area contributed by atoms with Crippen LogP contribution in [0.4, 0.5) is 0 Å². The van der Waals surface area contributed by atoms with Crippen LogP contribution in [0.3, 0.4) is 0 Å². The fourth-order valence-electron chi connectivity index (χ4n) is 0.695. The highest BCUT2D eigenvalue weighted by atomic mass is 35.5. The van der Waals surface area contributed by atoms with Crippen LogP contribution in [0.15, 0.2) is 12.2 Å². The minimum Gasteiger partial charge on any atom is -1.00 e. The highest BCUT2D eigenvalue weighted by Gasteiger charge is 2.31. The summed E-state index contributed by atoms with van der Waals surface area (Å²) >= 11 is 0. The monoisotopic (exact) mass is 237 g/mol. The summed E-state index contributed by atoms with van der Waals surface area (Å²) in [5.74, 6) is -0.427. The predicted octanol–water partition coefficient (Wildman–Crippen LogP) is -2.13. The van der Waals surface area contributed by atoms with Crippen LogP contribution in [0.2, 0.25) is 0 Å². The SMILES string of the molecule is C=C(C)C(=O)OC(C)[N+](C)(C)C(C)O.[Cl-]. The maximum Gasteiger partial charge on any atom is 0.337 e.